The average Bonchev–Trinajstić information content (AvgIpc) is 2.58. The molecule has 2 rings (SSSR count). The summed E-state index contributed by atoms with van der Waals surface area (Å²) in [6.07, 6.45) is 0.838. The number of hydrogen-bond donors (Lipinski definition) is 2. The first-order valence-corrected chi connectivity index (χ1v) is 7.70. The molecule has 0 saturated carbocycles. The molecule has 2 N–H and O–H groups in total. The van der Waals surface area contributed by atoms with E-state index in [4.69, 9.17) is 17.0 Å². The Balaban J connectivity index is 1.92. The summed E-state index contributed by atoms with van der Waals surface area (Å²) in [5.41, 5.74) is 3.82. The van der Waals surface area contributed by atoms with Crippen LogP contribution < -0.4 is 10.7 Å². The molecule has 0 atom stereocenters. The number of nitrogens with one attached hydrogen (secondary N) is 2. The van der Waals surface area contributed by atoms with Gasteiger partial charge in [0, 0.05) is 32.7 Å². The largest absolute Gasteiger partial charge is 0.385 e. The lowest BCUT2D eigenvalue weighted by Gasteiger charge is -2.21. The lowest BCUT2D eigenvalue weighted by atomic mass is 10.2. The second kappa shape index (κ2) is 8.40. The van der Waals surface area contributed by atoms with Crippen LogP contribution in [0.3, 0.4) is 0 Å². The van der Waals surface area contributed by atoms with Gasteiger partial charge in [-0.05, 0) is 30.8 Å². The molecule has 1 aromatic carbocycles. The maximum atomic E-state index is 12.3. The van der Waals surface area contributed by atoms with E-state index in [1.807, 2.05) is 30.3 Å². The Morgan fingerprint density at radius 2 is 2.09 bits per heavy atom. The van der Waals surface area contributed by atoms with Gasteiger partial charge in [0.2, 0.25) is 0 Å². The predicted molar refractivity (Wildman–Crippen MR) is 94.1 cm³/mol. The number of rotatable bonds is 5. The molecule has 0 unspecified atom stereocenters. The van der Waals surface area contributed by atoms with Gasteiger partial charge in [-0.15, -0.1) is 0 Å². The smallest absolute Gasteiger partial charge is 0.288 e. The standard InChI is InChI=1S/C16H20N4O2S/c1-20(16(23)17-10-5-11-22-2)19-15(21)14-9-8-12-6-3-4-7-13(12)18-14/h3-4,6-9H,5,10-11H2,1-2H3,(H,17,23)(H,19,21). The molecule has 0 aliphatic carbocycles. The minimum atomic E-state index is -0.306. The molecule has 0 fully saturated rings. The van der Waals surface area contributed by atoms with Crippen molar-refractivity contribution in [2.45, 2.75) is 6.42 Å². The van der Waals surface area contributed by atoms with Gasteiger partial charge >= 0.3 is 0 Å². The Labute approximate surface area is 140 Å². The van der Waals surface area contributed by atoms with Gasteiger partial charge in [0.05, 0.1) is 5.52 Å². The van der Waals surface area contributed by atoms with Crippen LogP contribution >= 0.6 is 12.2 Å². The monoisotopic (exact) mass is 332 g/mol. The summed E-state index contributed by atoms with van der Waals surface area (Å²) < 4.78 is 4.97. The predicted octanol–water partition coefficient (Wildman–Crippen LogP) is 1.72. The summed E-state index contributed by atoms with van der Waals surface area (Å²) in [4.78, 5) is 16.6. The quantitative estimate of drug-likeness (QED) is 0.494. The van der Waals surface area contributed by atoms with Gasteiger partial charge in [0.15, 0.2) is 5.11 Å². The highest BCUT2D eigenvalue weighted by Gasteiger charge is 2.12. The van der Waals surface area contributed by atoms with Crippen molar-refractivity contribution in [2.24, 2.45) is 0 Å². The fourth-order valence-electron chi connectivity index (χ4n) is 1.98. The minimum Gasteiger partial charge on any atom is -0.385 e. The summed E-state index contributed by atoms with van der Waals surface area (Å²) in [6.45, 7) is 1.34. The number of benzene rings is 1. The molecule has 23 heavy (non-hydrogen) atoms. The molecule has 0 spiro atoms. The van der Waals surface area contributed by atoms with Crippen LogP contribution in [0.4, 0.5) is 0 Å². The first kappa shape index (κ1) is 17.1. The van der Waals surface area contributed by atoms with Crippen molar-refractivity contribution in [2.75, 3.05) is 27.3 Å². The molecule has 1 amide bonds. The second-order valence-corrected chi connectivity index (χ2v) is 5.35. The van der Waals surface area contributed by atoms with Crippen molar-refractivity contribution in [1.82, 2.24) is 20.7 Å². The molecule has 6 nitrogen and oxygen atoms in total. The third kappa shape index (κ3) is 4.87. The van der Waals surface area contributed by atoms with E-state index in [9.17, 15) is 4.79 Å². The lowest BCUT2D eigenvalue weighted by molar-refractivity contribution is 0.0881. The Morgan fingerprint density at radius 3 is 2.87 bits per heavy atom. The highest BCUT2D eigenvalue weighted by molar-refractivity contribution is 7.80. The van der Waals surface area contributed by atoms with Gasteiger partial charge in [0.1, 0.15) is 5.69 Å². The van der Waals surface area contributed by atoms with Gasteiger partial charge in [-0.3, -0.25) is 15.2 Å². The van der Waals surface area contributed by atoms with E-state index in [1.165, 1.54) is 5.01 Å². The van der Waals surface area contributed by atoms with Gasteiger partial charge in [0.25, 0.3) is 5.91 Å². The zero-order chi connectivity index (χ0) is 16.7. The number of fused-ring (bicyclic) bond motifs is 1. The van der Waals surface area contributed by atoms with Gasteiger partial charge < -0.3 is 10.1 Å². The van der Waals surface area contributed by atoms with Crippen LogP contribution in [0.1, 0.15) is 16.9 Å². The van der Waals surface area contributed by atoms with Crippen molar-refractivity contribution in [3.8, 4) is 0 Å². The third-order valence-electron chi connectivity index (χ3n) is 3.21. The summed E-state index contributed by atoms with van der Waals surface area (Å²) in [6, 6.07) is 11.2. The van der Waals surface area contributed by atoms with E-state index in [2.05, 4.69) is 15.7 Å². The van der Waals surface area contributed by atoms with Gasteiger partial charge in [-0.2, -0.15) is 0 Å². The molecule has 2 aromatic rings. The molecule has 7 heteroatoms. The summed E-state index contributed by atoms with van der Waals surface area (Å²) in [7, 11) is 3.34. The minimum absolute atomic E-state index is 0.306. The Bertz CT molecular complexity index is 693. The van der Waals surface area contributed by atoms with E-state index < -0.39 is 0 Å². The van der Waals surface area contributed by atoms with Gasteiger partial charge in [-0.25, -0.2) is 4.98 Å². The van der Waals surface area contributed by atoms with Crippen molar-refractivity contribution in [1.29, 1.82) is 0 Å². The summed E-state index contributed by atoms with van der Waals surface area (Å²) in [5, 5.41) is 5.95. The number of methoxy groups -OCH3 is 1. The molecule has 0 radical (unpaired) electrons. The number of carbonyl (C=O) groups is 1. The summed E-state index contributed by atoms with van der Waals surface area (Å²) >= 11 is 5.21. The second-order valence-electron chi connectivity index (χ2n) is 4.97. The van der Waals surface area contributed by atoms with E-state index in [0.29, 0.717) is 24.0 Å². The lowest BCUT2D eigenvalue weighted by Crippen LogP contribution is -2.48. The molecule has 0 bridgehead atoms. The number of carbonyl (C=O) groups excluding carboxylic acids is 1. The van der Waals surface area contributed by atoms with Crippen LogP contribution in [0.2, 0.25) is 0 Å². The van der Waals surface area contributed by atoms with Crippen molar-refractivity contribution in [3.05, 3.63) is 42.1 Å². The SMILES string of the molecule is COCCCNC(=S)N(C)NC(=O)c1ccc2ccccc2n1. The molecule has 0 saturated heterocycles. The molecular weight excluding hydrogens is 312 g/mol. The topological polar surface area (TPSA) is 66.5 Å². The number of nitrogens with zero attached hydrogens (tertiary/aromatic N) is 2. The highest BCUT2D eigenvalue weighted by atomic mass is 32.1. The number of ether oxygens (including phenoxy) is 1. The number of hydrogen-bond acceptors (Lipinski definition) is 4. The fraction of sp³-hybridized carbons (Fsp3) is 0.312. The molecule has 1 aromatic heterocycles. The van der Waals surface area contributed by atoms with Crippen molar-refractivity contribution < 1.29 is 9.53 Å². The van der Waals surface area contributed by atoms with E-state index in [-0.39, 0.29) is 5.91 Å². The third-order valence-corrected chi connectivity index (χ3v) is 3.62. The summed E-state index contributed by atoms with van der Waals surface area (Å²) in [5.74, 6) is -0.306. The number of aromatic nitrogens is 1. The zero-order valence-electron chi connectivity index (χ0n) is 13.2. The number of pyridine rings is 1. The van der Waals surface area contributed by atoms with Crippen LogP contribution in [-0.4, -0.2) is 48.3 Å². The molecule has 0 aliphatic heterocycles. The van der Waals surface area contributed by atoms with Crippen molar-refractivity contribution >= 4 is 34.1 Å². The highest BCUT2D eigenvalue weighted by Crippen LogP contribution is 2.11. The Kier molecular flexibility index (Phi) is 6.25. The number of para-hydroxylation sites is 1. The van der Waals surface area contributed by atoms with Crippen LogP contribution in [0.5, 0.6) is 0 Å². The zero-order valence-corrected chi connectivity index (χ0v) is 14.0. The van der Waals surface area contributed by atoms with Crippen molar-refractivity contribution in [3.63, 3.8) is 0 Å². The van der Waals surface area contributed by atoms with E-state index in [1.54, 1.807) is 20.2 Å². The fourth-order valence-corrected chi connectivity index (χ4v) is 2.13. The maximum absolute atomic E-state index is 12.3. The molecule has 1 heterocycles. The van der Waals surface area contributed by atoms with Crippen LogP contribution in [0.15, 0.2) is 36.4 Å². The first-order valence-electron chi connectivity index (χ1n) is 7.29. The maximum Gasteiger partial charge on any atom is 0.288 e. The normalized spacial score (nSPS) is 10.3. The number of hydrazine groups is 1. The van der Waals surface area contributed by atoms with Gasteiger partial charge in [-0.1, -0.05) is 24.3 Å². The molecule has 0 aliphatic rings. The average molecular weight is 332 g/mol. The molecule has 122 valence electrons. The Hall–Kier alpha value is -2.25. The first-order chi connectivity index (χ1) is 11.1. The van der Waals surface area contributed by atoms with E-state index >= 15 is 0 Å². The number of thiocarbonyl (C=S) groups is 1. The number of amides is 1. The van der Waals surface area contributed by atoms with Crippen LogP contribution in [0, 0.1) is 0 Å². The Morgan fingerprint density at radius 1 is 1.30 bits per heavy atom. The molecular formula is C16H20N4O2S. The van der Waals surface area contributed by atoms with Crippen LogP contribution in [-0.2, 0) is 4.74 Å². The van der Waals surface area contributed by atoms with E-state index in [0.717, 1.165) is 17.3 Å². The van der Waals surface area contributed by atoms with Crippen LogP contribution in [0.25, 0.3) is 10.9 Å².